The number of nitrogens with one attached hydrogen (secondary N) is 1. The van der Waals surface area contributed by atoms with Crippen LogP contribution in [0.2, 0.25) is 0 Å². The molecule has 0 aliphatic heterocycles. The van der Waals surface area contributed by atoms with Crippen LogP contribution in [0.4, 0.5) is 5.82 Å². The minimum absolute atomic E-state index is 0.00129. The van der Waals surface area contributed by atoms with E-state index in [4.69, 9.17) is 16.4 Å². The van der Waals surface area contributed by atoms with Gasteiger partial charge in [0.15, 0.2) is 5.82 Å². The molecule has 0 aromatic carbocycles. The maximum atomic E-state index is 10.8. The van der Waals surface area contributed by atoms with E-state index < -0.39 is 5.97 Å². The number of hydrogen-bond acceptors (Lipinski definition) is 4. The molecular formula is C9H7BrN2O3. The number of anilines is 1. The average Bonchev–Trinajstić information content (AvgIpc) is 2.20. The van der Waals surface area contributed by atoms with Crippen molar-refractivity contribution >= 4 is 27.7 Å². The Hall–Kier alpha value is -1.58. The van der Waals surface area contributed by atoms with Gasteiger partial charge in [-0.3, -0.25) is 4.84 Å². The van der Waals surface area contributed by atoms with Crippen LogP contribution in [0.5, 0.6) is 0 Å². The summed E-state index contributed by atoms with van der Waals surface area (Å²) in [6.45, 7) is 0.0246. The zero-order chi connectivity index (χ0) is 11.3. The Morgan fingerprint density at radius 1 is 1.80 bits per heavy atom. The van der Waals surface area contributed by atoms with Gasteiger partial charge in [-0.15, -0.1) is 6.42 Å². The molecule has 1 rings (SSSR count). The second-order valence-corrected chi connectivity index (χ2v) is 3.37. The van der Waals surface area contributed by atoms with E-state index in [-0.39, 0.29) is 18.0 Å². The standard InChI is InChI=1S/C9H7BrN2O3/c1-2-3-15-12-8-7(9(13)14)4-6(10)5-11-8/h1,4-5H,3H2,(H,11,12)(H,13,14). The molecule has 0 unspecified atom stereocenters. The van der Waals surface area contributed by atoms with E-state index in [1.54, 1.807) is 0 Å². The highest BCUT2D eigenvalue weighted by molar-refractivity contribution is 9.10. The molecule has 78 valence electrons. The van der Waals surface area contributed by atoms with Crippen LogP contribution in [-0.4, -0.2) is 22.7 Å². The second-order valence-electron chi connectivity index (χ2n) is 2.45. The quantitative estimate of drug-likeness (QED) is 0.493. The lowest BCUT2D eigenvalue weighted by Gasteiger charge is -2.06. The first-order valence-corrected chi connectivity index (χ1v) is 4.64. The lowest BCUT2D eigenvalue weighted by molar-refractivity contribution is 0.0696. The number of aromatic nitrogens is 1. The van der Waals surface area contributed by atoms with Crippen molar-refractivity contribution in [2.24, 2.45) is 0 Å². The Kier molecular flexibility index (Phi) is 4.09. The van der Waals surface area contributed by atoms with Gasteiger partial charge in [-0.25, -0.2) is 15.3 Å². The Morgan fingerprint density at radius 3 is 3.13 bits per heavy atom. The molecule has 1 aromatic rings. The van der Waals surface area contributed by atoms with E-state index in [9.17, 15) is 4.79 Å². The molecule has 6 heteroatoms. The van der Waals surface area contributed by atoms with Crippen LogP contribution in [0.1, 0.15) is 10.4 Å². The summed E-state index contributed by atoms with van der Waals surface area (Å²) in [5.74, 6) is 1.24. The molecule has 5 nitrogen and oxygen atoms in total. The Morgan fingerprint density at radius 2 is 2.53 bits per heavy atom. The van der Waals surface area contributed by atoms with Crippen molar-refractivity contribution in [1.82, 2.24) is 4.98 Å². The highest BCUT2D eigenvalue weighted by Gasteiger charge is 2.11. The van der Waals surface area contributed by atoms with Crippen LogP contribution in [-0.2, 0) is 4.84 Å². The zero-order valence-corrected chi connectivity index (χ0v) is 9.11. The number of rotatable bonds is 4. The second kappa shape index (κ2) is 5.34. The maximum Gasteiger partial charge on any atom is 0.339 e. The normalized spacial score (nSPS) is 9.33. The highest BCUT2D eigenvalue weighted by atomic mass is 79.9. The van der Waals surface area contributed by atoms with Crippen LogP contribution in [0.15, 0.2) is 16.7 Å². The lowest BCUT2D eigenvalue weighted by atomic mass is 10.2. The van der Waals surface area contributed by atoms with E-state index in [2.05, 4.69) is 32.3 Å². The van der Waals surface area contributed by atoms with Crippen molar-refractivity contribution in [3.8, 4) is 12.3 Å². The molecule has 0 aliphatic carbocycles. The Balaban J connectivity index is 2.87. The minimum atomic E-state index is -1.10. The van der Waals surface area contributed by atoms with Crippen LogP contribution < -0.4 is 5.48 Å². The molecule has 0 fully saturated rings. The van der Waals surface area contributed by atoms with E-state index in [1.807, 2.05) is 0 Å². The first-order valence-electron chi connectivity index (χ1n) is 3.85. The lowest BCUT2D eigenvalue weighted by Crippen LogP contribution is -2.09. The predicted octanol–water partition coefficient (Wildman–Crippen LogP) is 1.52. The number of pyridine rings is 1. The third-order valence-corrected chi connectivity index (χ3v) is 1.84. The van der Waals surface area contributed by atoms with Gasteiger partial charge < -0.3 is 5.11 Å². The van der Waals surface area contributed by atoms with E-state index in [0.29, 0.717) is 4.47 Å². The molecule has 1 heterocycles. The largest absolute Gasteiger partial charge is 0.478 e. The minimum Gasteiger partial charge on any atom is -0.478 e. The van der Waals surface area contributed by atoms with Gasteiger partial charge in [0.1, 0.15) is 12.2 Å². The van der Waals surface area contributed by atoms with Crippen molar-refractivity contribution in [1.29, 1.82) is 0 Å². The number of carbonyl (C=O) groups is 1. The van der Waals surface area contributed by atoms with Gasteiger partial charge in [0.05, 0.1) is 0 Å². The van der Waals surface area contributed by atoms with Crippen LogP contribution >= 0.6 is 15.9 Å². The molecule has 0 radical (unpaired) electrons. The average molecular weight is 271 g/mol. The fourth-order valence-electron chi connectivity index (χ4n) is 0.830. The zero-order valence-electron chi connectivity index (χ0n) is 7.53. The number of halogens is 1. The number of hydrogen-bond donors (Lipinski definition) is 2. The van der Waals surface area contributed by atoms with Crippen molar-refractivity contribution in [3.63, 3.8) is 0 Å². The fraction of sp³-hybridized carbons (Fsp3) is 0.111. The summed E-state index contributed by atoms with van der Waals surface area (Å²) in [6, 6.07) is 1.41. The van der Waals surface area contributed by atoms with Crippen LogP contribution in [0.25, 0.3) is 0 Å². The van der Waals surface area contributed by atoms with Gasteiger partial charge in [-0.2, -0.15) is 0 Å². The van der Waals surface area contributed by atoms with Gasteiger partial charge in [0, 0.05) is 10.7 Å². The molecule has 0 aliphatic rings. The first-order chi connectivity index (χ1) is 7.15. The van der Waals surface area contributed by atoms with Gasteiger partial charge in [0.25, 0.3) is 0 Å². The number of aromatic carboxylic acids is 1. The molecule has 1 aromatic heterocycles. The fourth-order valence-corrected chi connectivity index (χ4v) is 1.16. The Labute approximate surface area is 94.6 Å². The third kappa shape index (κ3) is 3.23. The molecule has 0 saturated carbocycles. The molecule has 0 saturated heterocycles. The summed E-state index contributed by atoms with van der Waals surface area (Å²) >= 11 is 3.12. The molecule has 0 spiro atoms. The molecule has 0 atom stereocenters. The van der Waals surface area contributed by atoms with Crippen LogP contribution in [0.3, 0.4) is 0 Å². The van der Waals surface area contributed by atoms with Gasteiger partial charge in [-0.1, -0.05) is 5.92 Å². The molecule has 0 amide bonds. The predicted molar refractivity (Wildman–Crippen MR) is 57.3 cm³/mol. The van der Waals surface area contributed by atoms with Crippen molar-refractivity contribution in [2.75, 3.05) is 12.1 Å². The number of carboxylic acids is 1. The highest BCUT2D eigenvalue weighted by Crippen LogP contribution is 2.17. The van der Waals surface area contributed by atoms with Crippen molar-refractivity contribution in [3.05, 3.63) is 22.3 Å². The number of carboxylic acid groups (broad SMARTS) is 1. The monoisotopic (exact) mass is 270 g/mol. The molecule has 2 N–H and O–H groups in total. The first kappa shape index (κ1) is 11.5. The summed E-state index contributed by atoms with van der Waals surface area (Å²) in [4.78, 5) is 19.4. The summed E-state index contributed by atoms with van der Waals surface area (Å²) in [5, 5.41) is 8.85. The summed E-state index contributed by atoms with van der Waals surface area (Å²) in [5.41, 5.74) is 2.37. The third-order valence-electron chi connectivity index (χ3n) is 1.41. The van der Waals surface area contributed by atoms with Gasteiger partial charge in [-0.05, 0) is 22.0 Å². The summed E-state index contributed by atoms with van der Waals surface area (Å²) in [6.07, 6.45) is 6.41. The topological polar surface area (TPSA) is 71.5 Å². The number of nitrogens with zero attached hydrogens (tertiary/aromatic N) is 1. The van der Waals surface area contributed by atoms with Crippen molar-refractivity contribution in [2.45, 2.75) is 0 Å². The Bertz CT molecular complexity index is 414. The van der Waals surface area contributed by atoms with Gasteiger partial charge >= 0.3 is 5.97 Å². The smallest absolute Gasteiger partial charge is 0.339 e. The molecule has 15 heavy (non-hydrogen) atoms. The SMILES string of the molecule is C#CCONc1ncc(Br)cc1C(=O)O. The van der Waals surface area contributed by atoms with Crippen molar-refractivity contribution < 1.29 is 14.7 Å². The van der Waals surface area contributed by atoms with Crippen LogP contribution in [0, 0.1) is 12.3 Å². The molecule has 0 bridgehead atoms. The number of terminal acetylenes is 1. The molecular weight excluding hydrogens is 264 g/mol. The maximum absolute atomic E-state index is 10.8. The van der Waals surface area contributed by atoms with E-state index in [0.717, 1.165) is 0 Å². The summed E-state index contributed by atoms with van der Waals surface area (Å²) in [7, 11) is 0. The van der Waals surface area contributed by atoms with Gasteiger partial charge in [0.2, 0.25) is 0 Å². The van der Waals surface area contributed by atoms with E-state index in [1.165, 1.54) is 12.3 Å². The van der Waals surface area contributed by atoms with E-state index >= 15 is 0 Å². The summed E-state index contributed by atoms with van der Waals surface area (Å²) < 4.78 is 0.572.